The van der Waals surface area contributed by atoms with E-state index in [0.717, 1.165) is 12.3 Å². The Hall–Kier alpha value is -1.46. The average molecular weight is 255 g/mol. The summed E-state index contributed by atoms with van der Waals surface area (Å²) in [6.07, 6.45) is 4.66. The summed E-state index contributed by atoms with van der Waals surface area (Å²) in [5.74, 6) is 0. The van der Waals surface area contributed by atoms with Crippen molar-refractivity contribution < 1.29 is 4.79 Å². The molecule has 0 heterocycles. The Labute approximate surface area is 110 Å². The topological polar surface area (TPSA) is 17.1 Å². The highest BCUT2D eigenvalue weighted by Gasteiger charge is 2.09. The van der Waals surface area contributed by atoms with Crippen LogP contribution in [0, 0.1) is 0 Å². The summed E-state index contributed by atoms with van der Waals surface area (Å²) >= 11 is 0. The van der Waals surface area contributed by atoms with Crippen LogP contribution in [0.25, 0.3) is 0 Å². The van der Waals surface area contributed by atoms with Crippen molar-refractivity contribution >= 4 is 14.2 Å². The Morgan fingerprint density at radius 1 is 0.778 bits per heavy atom. The van der Waals surface area contributed by atoms with Gasteiger partial charge in [0.15, 0.2) is 0 Å². The number of hydrogen-bond acceptors (Lipinski definition) is 1. The number of benzene rings is 2. The molecular weight excluding hydrogens is 239 g/mol. The van der Waals surface area contributed by atoms with Gasteiger partial charge in [-0.1, -0.05) is 68.6 Å². The molecule has 2 heteroatoms. The monoisotopic (exact) mass is 255 g/mol. The van der Waals surface area contributed by atoms with E-state index in [0.29, 0.717) is 6.16 Å². The lowest BCUT2D eigenvalue weighted by Gasteiger charge is -2.15. The zero-order valence-electron chi connectivity index (χ0n) is 10.3. The minimum atomic E-state index is -0.337. The first-order valence-corrected chi connectivity index (χ1v) is 7.93. The molecule has 0 unspecified atom stereocenters. The van der Waals surface area contributed by atoms with Gasteiger partial charge in [-0.3, -0.25) is 4.79 Å². The second-order valence-electron chi connectivity index (χ2n) is 4.26. The highest BCUT2D eigenvalue weighted by molar-refractivity contribution is 7.56. The number of rotatable bonds is 6. The highest BCUT2D eigenvalue weighted by atomic mass is 31.1. The molecule has 0 amide bonds. The molecule has 0 spiro atoms. The van der Waals surface area contributed by atoms with E-state index in [9.17, 15) is 4.79 Å². The average Bonchev–Trinajstić information content (AvgIpc) is 2.41. The summed E-state index contributed by atoms with van der Waals surface area (Å²) in [6, 6.07) is 20.8. The second-order valence-corrected chi connectivity index (χ2v) is 6.55. The van der Waals surface area contributed by atoms with Crippen molar-refractivity contribution in [3.8, 4) is 0 Å². The smallest absolute Gasteiger partial charge is 0.203 e. The van der Waals surface area contributed by atoms with Crippen molar-refractivity contribution in [2.45, 2.75) is 12.3 Å². The molecule has 2 aromatic rings. The maximum Gasteiger partial charge on any atom is 0.203 e. The Morgan fingerprint density at radius 3 is 1.61 bits per heavy atom. The van der Waals surface area contributed by atoms with Crippen molar-refractivity contribution in [2.75, 3.05) is 6.16 Å². The third kappa shape index (κ3) is 4.09. The summed E-state index contributed by atoms with van der Waals surface area (Å²) in [6.45, 7) is 0. The zero-order valence-corrected chi connectivity index (χ0v) is 11.1. The molecule has 0 atom stereocenters. The van der Waals surface area contributed by atoms with E-state index >= 15 is 0 Å². The molecule has 0 fully saturated rings. The van der Waals surface area contributed by atoms with Crippen LogP contribution in [0.1, 0.15) is 11.1 Å². The van der Waals surface area contributed by atoms with Gasteiger partial charge in [0.25, 0.3) is 0 Å². The minimum Gasteiger partial charge on any atom is -0.290 e. The van der Waals surface area contributed by atoms with Gasteiger partial charge in [0.1, 0.15) is 0 Å². The van der Waals surface area contributed by atoms with E-state index in [-0.39, 0.29) is 7.92 Å². The van der Waals surface area contributed by atoms with Gasteiger partial charge in [0.2, 0.25) is 6.29 Å². The van der Waals surface area contributed by atoms with E-state index in [2.05, 4.69) is 54.8 Å². The Bertz CT molecular complexity index is 425. The molecule has 0 saturated carbocycles. The van der Waals surface area contributed by atoms with E-state index in [1.54, 1.807) is 0 Å². The van der Waals surface area contributed by atoms with Crippen LogP contribution in [-0.2, 0) is 17.1 Å². The largest absolute Gasteiger partial charge is 0.290 e. The summed E-state index contributed by atoms with van der Waals surface area (Å²) < 4.78 is 0. The van der Waals surface area contributed by atoms with Crippen LogP contribution in [0.2, 0.25) is 0 Å². The molecule has 91 valence electrons. The fourth-order valence-electron chi connectivity index (χ4n) is 1.94. The first kappa shape index (κ1) is 13.0. The molecule has 0 aliphatic carbocycles. The van der Waals surface area contributed by atoms with Gasteiger partial charge in [-0.05, 0) is 23.5 Å². The molecule has 0 aliphatic rings. The second kappa shape index (κ2) is 7.08. The van der Waals surface area contributed by atoms with Crippen LogP contribution in [0.15, 0.2) is 60.7 Å². The molecule has 1 nitrogen and oxygen atoms in total. The summed E-state index contributed by atoms with van der Waals surface area (Å²) in [5, 5.41) is 0. The predicted molar refractivity (Wildman–Crippen MR) is 77.8 cm³/mol. The Balaban J connectivity index is 2.02. The predicted octanol–water partition coefficient (Wildman–Crippen LogP) is 3.98. The van der Waals surface area contributed by atoms with E-state index in [4.69, 9.17) is 0 Å². The number of carbonyl (C=O) groups excluding carboxylic acids is 1. The quantitative estimate of drug-likeness (QED) is 0.713. The van der Waals surface area contributed by atoms with Crippen molar-refractivity contribution in [3.63, 3.8) is 0 Å². The maximum atomic E-state index is 10.7. The molecular formula is C16H16OP. The lowest BCUT2D eigenvalue weighted by atomic mass is 10.2. The first-order chi connectivity index (χ1) is 8.88. The third-order valence-corrected chi connectivity index (χ3v) is 4.99. The van der Waals surface area contributed by atoms with Gasteiger partial charge in [0.05, 0.1) is 0 Å². The summed E-state index contributed by atoms with van der Waals surface area (Å²) in [5.41, 5.74) is 2.63. The lowest BCUT2D eigenvalue weighted by Crippen LogP contribution is -1.94. The molecule has 18 heavy (non-hydrogen) atoms. The van der Waals surface area contributed by atoms with Crippen LogP contribution in [0.5, 0.6) is 0 Å². The van der Waals surface area contributed by atoms with Crippen LogP contribution in [0.4, 0.5) is 0 Å². The van der Waals surface area contributed by atoms with Crippen LogP contribution >= 0.6 is 7.92 Å². The standard InChI is InChI=1S/C16H16OP/c17-11-12-18(13-15-7-3-1-4-8-15)14-16-9-5-2-6-10-16/h1-10H,12-14H2. The highest BCUT2D eigenvalue weighted by Crippen LogP contribution is 2.42. The lowest BCUT2D eigenvalue weighted by molar-refractivity contribution is 0.560. The van der Waals surface area contributed by atoms with Crippen LogP contribution in [0.3, 0.4) is 0 Å². The van der Waals surface area contributed by atoms with E-state index in [1.807, 2.05) is 12.1 Å². The molecule has 0 aromatic heterocycles. The van der Waals surface area contributed by atoms with Crippen LogP contribution in [-0.4, -0.2) is 12.4 Å². The fraction of sp³-hybridized carbons (Fsp3) is 0.188. The molecule has 0 aliphatic heterocycles. The molecule has 2 aromatic carbocycles. The number of hydrogen-bond donors (Lipinski definition) is 0. The molecule has 2 rings (SSSR count). The maximum absolute atomic E-state index is 10.7. The first-order valence-electron chi connectivity index (χ1n) is 6.03. The SMILES string of the molecule is O=[C]CP(Cc1ccccc1)Cc1ccccc1. The van der Waals surface area contributed by atoms with Crippen molar-refractivity contribution in [2.24, 2.45) is 0 Å². The van der Waals surface area contributed by atoms with Gasteiger partial charge >= 0.3 is 0 Å². The van der Waals surface area contributed by atoms with Gasteiger partial charge in [0, 0.05) is 6.16 Å². The molecule has 0 saturated heterocycles. The Morgan fingerprint density at radius 2 is 1.22 bits per heavy atom. The van der Waals surface area contributed by atoms with Gasteiger partial charge in [-0.25, -0.2) is 0 Å². The summed E-state index contributed by atoms with van der Waals surface area (Å²) in [4.78, 5) is 10.7. The molecule has 0 N–H and O–H groups in total. The molecule has 1 radical (unpaired) electrons. The zero-order chi connectivity index (χ0) is 12.6. The fourth-order valence-corrected chi connectivity index (χ4v) is 3.91. The van der Waals surface area contributed by atoms with Crippen molar-refractivity contribution in [3.05, 3.63) is 71.8 Å². The Kier molecular flexibility index (Phi) is 5.11. The normalized spacial score (nSPS) is 10.5. The van der Waals surface area contributed by atoms with Gasteiger partial charge < -0.3 is 0 Å². The van der Waals surface area contributed by atoms with Crippen molar-refractivity contribution in [1.29, 1.82) is 0 Å². The van der Waals surface area contributed by atoms with Gasteiger partial charge in [-0.2, -0.15) is 0 Å². The third-order valence-electron chi connectivity index (χ3n) is 2.79. The van der Waals surface area contributed by atoms with Crippen LogP contribution < -0.4 is 0 Å². The van der Waals surface area contributed by atoms with E-state index < -0.39 is 0 Å². The summed E-state index contributed by atoms with van der Waals surface area (Å²) in [7, 11) is -0.337. The minimum absolute atomic E-state index is 0.337. The molecule has 0 bridgehead atoms. The van der Waals surface area contributed by atoms with Gasteiger partial charge in [-0.15, -0.1) is 0 Å². The van der Waals surface area contributed by atoms with E-state index in [1.165, 1.54) is 11.1 Å². The van der Waals surface area contributed by atoms with Crippen molar-refractivity contribution in [1.82, 2.24) is 0 Å².